The minimum absolute atomic E-state index is 0.00693. The molecule has 0 aliphatic carbocycles. The summed E-state index contributed by atoms with van der Waals surface area (Å²) in [6, 6.07) is 3.00. The fourth-order valence-electron chi connectivity index (χ4n) is 4.01. The lowest BCUT2D eigenvalue weighted by Crippen LogP contribution is -2.37. The van der Waals surface area contributed by atoms with Gasteiger partial charge in [-0.25, -0.2) is 32.6 Å². The second-order valence-corrected chi connectivity index (χ2v) is 11.8. The van der Waals surface area contributed by atoms with Crippen LogP contribution in [0.3, 0.4) is 0 Å². The molecule has 4 heterocycles. The van der Waals surface area contributed by atoms with Crippen LogP contribution in [0.4, 0.5) is 5.95 Å². The standard InChI is InChI=1S/C23H29N5O4S2/c1-4-5-17-12-24-23(25-13-17)28-10-8-18(9-11-28)22-27-19(15-33(22)29)14-32-20-6-7-21(26-16(20)2)34(3,30)31/h6-7,12-13,15,18H,4-5,8-11,14H2,1-3H3. The molecule has 0 aromatic carbocycles. The minimum Gasteiger partial charge on any atom is -0.485 e. The van der Waals surface area contributed by atoms with E-state index in [0.29, 0.717) is 22.2 Å². The number of aliphatic imine (C=N–C) groups is 1. The van der Waals surface area contributed by atoms with E-state index in [1.807, 2.05) is 12.4 Å². The SMILES string of the molecule is CCCc1cnc(N2CCC(C3=NC(COc4ccc(S(C)(=O)=O)nc4C)=CS3=O)CC2)nc1. The van der Waals surface area contributed by atoms with E-state index in [0.717, 1.165) is 56.5 Å². The third-order valence-corrected chi connectivity index (χ3v) is 8.14. The molecule has 0 bridgehead atoms. The van der Waals surface area contributed by atoms with E-state index in [1.54, 1.807) is 18.4 Å². The van der Waals surface area contributed by atoms with Crippen molar-refractivity contribution < 1.29 is 17.4 Å². The number of aryl methyl sites for hydroxylation is 2. The summed E-state index contributed by atoms with van der Waals surface area (Å²) < 4.78 is 41.8. The highest BCUT2D eigenvalue weighted by atomic mass is 32.2. The molecule has 0 radical (unpaired) electrons. The number of rotatable bonds is 8. The molecule has 0 saturated carbocycles. The van der Waals surface area contributed by atoms with Crippen molar-refractivity contribution in [3.05, 3.63) is 46.9 Å². The van der Waals surface area contributed by atoms with Crippen LogP contribution in [0.1, 0.15) is 37.4 Å². The maximum Gasteiger partial charge on any atom is 0.225 e. The zero-order chi connectivity index (χ0) is 24.3. The van der Waals surface area contributed by atoms with Crippen LogP contribution in [0, 0.1) is 12.8 Å². The quantitative estimate of drug-likeness (QED) is 0.540. The molecule has 11 heteroatoms. The monoisotopic (exact) mass is 503 g/mol. The molecule has 1 unspecified atom stereocenters. The molecular formula is C23H29N5O4S2. The molecule has 4 rings (SSSR count). The first-order chi connectivity index (χ1) is 16.2. The Balaban J connectivity index is 1.33. The van der Waals surface area contributed by atoms with Crippen LogP contribution in [0.2, 0.25) is 0 Å². The Kier molecular flexibility index (Phi) is 7.42. The normalized spacial score (nSPS) is 19.1. The molecule has 34 heavy (non-hydrogen) atoms. The number of aromatic nitrogens is 3. The summed E-state index contributed by atoms with van der Waals surface area (Å²) in [7, 11) is -4.64. The lowest BCUT2D eigenvalue weighted by atomic mass is 9.98. The van der Waals surface area contributed by atoms with Gasteiger partial charge in [-0.05, 0) is 43.9 Å². The largest absolute Gasteiger partial charge is 0.485 e. The highest BCUT2D eigenvalue weighted by Gasteiger charge is 2.30. The molecule has 0 amide bonds. The fourth-order valence-corrected chi connectivity index (χ4v) is 5.89. The van der Waals surface area contributed by atoms with Gasteiger partial charge in [0.15, 0.2) is 14.9 Å². The van der Waals surface area contributed by atoms with Crippen molar-refractivity contribution in [1.29, 1.82) is 0 Å². The molecule has 2 aliphatic rings. The summed E-state index contributed by atoms with van der Waals surface area (Å²) >= 11 is 0. The maximum absolute atomic E-state index is 12.7. The smallest absolute Gasteiger partial charge is 0.225 e. The molecule has 1 fully saturated rings. The Hall–Kier alpha value is -2.66. The van der Waals surface area contributed by atoms with Gasteiger partial charge in [-0.2, -0.15) is 0 Å². The van der Waals surface area contributed by atoms with Crippen LogP contribution in [-0.2, 0) is 27.1 Å². The highest BCUT2D eigenvalue weighted by molar-refractivity contribution is 8.03. The van der Waals surface area contributed by atoms with Gasteiger partial charge in [-0.15, -0.1) is 0 Å². The minimum atomic E-state index is -3.38. The predicted octanol–water partition coefficient (Wildman–Crippen LogP) is 2.83. The number of hydrogen-bond acceptors (Lipinski definition) is 9. The molecular weight excluding hydrogens is 474 g/mol. The van der Waals surface area contributed by atoms with E-state index in [-0.39, 0.29) is 17.6 Å². The van der Waals surface area contributed by atoms with Crippen molar-refractivity contribution >= 4 is 31.6 Å². The van der Waals surface area contributed by atoms with Gasteiger partial charge in [0.1, 0.15) is 17.4 Å². The topological polar surface area (TPSA) is 115 Å². The fraction of sp³-hybridized carbons (Fsp3) is 0.478. The first-order valence-corrected chi connectivity index (χ1v) is 14.4. The zero-order valence-electron chi connectivity index (χ0n) is 19.6. The van der Waals surface area contributed by atoms with Crippen LogP contribution in [0.25, 0.3) is 0 Å². The van der Waals surface area contributed by atoms with Gasteiger partial charge in [-0.1, -0.05) is 13.3 Å². The first-order valence-electron chi connectivity index (χ1n) is 11.3. The zero-order valence-corrected chi connectivity index (χ0v) is 21.2. The van der Waals surface area contributed by atoms with Crippen molar-refractivity contribution in [2.75, 3.05) is 30.9 Å². The van der Waals surface area contributed by atoms with E-state index >= 15 is 0 Å². The van der Waals surface area contributed by atoms with Gasteiger partial charge in [0.25, 0.3) is 0 Å². The lowest BCUT2D eigenvalue weighted by Gasteiger charge is -2.31. The molecule has 2 aliphatic heterocycles. The Morgan fingerprint density at radius 2 is 1.88 bits per heavy atom. The second kappa shape index (κ2) is 10.3. The molecule has 1 saturated heterocycles. The molecule has 182 valence electrons. The molecule has 2 aromatic heterocycles. The molecule has 1 atom stereocenters. The lowest BCUT2D eigenvalue weighted by molar-refractivity contribution is 0.346. The van der Waals surface area contributed by atoms with Crippen LogP contribution >= 0.6 is 0 Å². The number of anilines is 1. The average molecular weight is 504 g/mol. The number of pyridine rings is 1. The van der Waals surface area contributed by atoms with Crippen LogP contribution < -0.4 is 9.64 Å². The number of nitrogens with zero attached hydrogens (tertiary/aromatic N) is 5. The van der Waals surface area contributed by atoms with Crippen molar-refractivity contribution in [2.45, 2.75) is 44.6 Å². The average Bonchev–Trinajstić information content (AvgIpc) is 3.19. The number of sulfone groups is 1. The van der Waals surface area contributed by atoms with Crippen LogP contribution in [-0.4, -0.2) is 58.6 Å². The van der Waals surface area contributed by atoms with Crippen LogP contribution in [0.5, 0.6) is 5.75 Å². The summed E-state index contributed by atoms with van der Waals surface area (Å²) in [4.78, 5) is 19.9. The first kappa shape index (κ1) is 24.5. The second-order valence-electron chi connectivity index (χ2n) is 8.55. The van der Waals surface area contributed by atoms with E-state index < -0.39 is 20.6 Å². The van der Waals surface area contributed by atoms with Crippen molar-refractivity contribution in [3.8, 4) is 5.75 Å². The third-order valence-electron chi connectivity index (χ3n) is 5.83. The summed E-state index contributed by atoms with van der Waals surface area (Å²) in [6.45, 7) is 5.55. The maximum atomic E-state index is 12.7. The van der Waals surface area contributed by atoms with Gasteiger partial charge in [-0.3, -0.25) is 0 Å². The Bertz CT molecular complexity index is 1230. The van der Waals surface area contributed by atoms with E-state index in [9.17, 15) is 12.6 Å². The van der Waals surface area contributed by atoms with Gasteiger partial charge in [0.2, 0.25) is 5.95 Å². The molecule has 0 N–H and O–H groups in total. The number of piperidine rings is 1. The Morgan fingerprint density at radius 3 is 2.50 bits per heavy atom. The van der Waals surface area contributed by atoms with Crippen LogP contribution in [0.15, 0.2) is 45.6 Å². The van der Waals surface area contributed by atoms with Crippen molar-refractivity contribution in [1.82, 2.24) is 15.0 Å². The van der Waals surface area contributed by atoms with E-state index in [2.05, 4.69) is 31.8 Å². The van der Waals surface area contributed by atoms with Crippen molar-refractivity contribution in [2.24, 2.45) is 10.9 Å². The summed E-state index contributed by atoms with van der Waals surface area (Å²) in [5.41, 5.74) is 2.23. The van der Waals surface area contributed by atoms with Gasteiger partial charge in [0.05, 0.1) is 22.2 Å². The highest BCUT2D eigenvalue weighted by Crippen LogP contribution is 2.27. The number of hydrogen-bond donors (Lipinski definition) is 0. The molecule has 2 aromatic rings. The summed E-state index contributed by atoms with van der Waals surface area (Å²) in [5, 5.41) is 2.33. The Labute approximate surface area is 202 Å². The summed E-state index contributed by atoms with van der Waals surface area (Å²) in [5.74, 6) is 1.36. The van der Waals surface area contributed by atoms with Crippen molar-refractivity contribution in [3.63, 3.8) is 0 Å². The van der Waals surface area contributed by atoms with E-state index in [1.165, 1.54) is 6.07 Å². The summed E-state index contributed by atoms with van der Waals surface area (Å²) in [6.07, 6.45) is 8.64. The van der Waals surface area contributed by atoms with Gasteiger partial charge < -0.3 is 9.64 Å². The number of ether oxygens (including phenoxy) is 1. The Morgan fingerprint density at radius 1 is 1.18 bits per heavy atom. The predicted molar refractivity (Wildman–Crippen MR) is 132 cm³/mol. The van der Waals surface area contributed by atoms with Gasteiger partial charge in [0, 0.05) is 43.1 Å². The third kappa shape index (κ3) is 5.69. The van der Waals surface area contributed by atoms with E-state index in [4.69, 9.17) is 4.74 Å². The molecule has 0 spiro atoms. The van der Waals surface area contributed by atoms with Gasteiger partial charge >= 0.3 is 0 Å². The molecule has 9 nitrogen and oxygen atoms in total.